The molecule has 1 aromatic carbocycles. The molecule has 1 N–H and O–H groups in total. The fourth-order valence-corrected chi connectivity index (χ4v) is 2.76. The summed E-state index contributed by atoms with van der Waals surface area (Å²) >= 11 is 0. The first-order valence-corrected chi connectivity index (χ1v) is 7.44. The Morgan fingerprint density at radius 1 is 1.08 bits per heavy atom. The van der Waals surface area contributed by atoms with Crippen LogP contribution in [0.15, 0.2) is 65.8 Å². The molecule has 0 fully saturated rings. The van der Waals surface area contributed by atoms with Crippen molar-refractivity contribution in [3.63, 3.8) is 0 Å². The molecule has 3 aromatic heterocycles. The van der Waals surface area contributed by atoms with Gasteiger partial charge >= 0.3 is 0 Å². The van der Waals surface area contributed by atoms with Gasteiger partial charge in [0.1, 0.15) is 5.75 Å². The van der Waals surface area contributed by atoms with E-state index in [4.69, 9.17) is 4.74 Å². The van der Waals surface area contributed by atoms with E-state index in [0.717, 1.165) is 11.1 Å². The van der Waals surface area contributed by atoms with Crippen LogP contribution in [0.3, 0.4) is 0 Å². The number of methoxy groups -OCH3 is 1. The molecule has 3 heterocycles. The topological polar surface area (TPSA) is 72.3 Å². The first-order valence-electron chi connectivity index (χ1n) is 7.44. The average Bonchev–Trinajstić information content (AvgIpc) is 3.10. The largest absolute Gasteiger partial charge is 0.495 e. The maximum atomic E-state index is 12.6. The molecule has 0 saturated heterocycles. The maximum absolute atomic E-state index is 12.6. The molecule has 0 aliphatic rings. The molecule has 0 bridgehead atoms. The van der Waals surface area contributed by atoms with Crippen LogP contribution in [0.2, 0.25) is 0 Å². The number of benzene rings is 1. The van der Waals surface area contributed by atoms with Gasteiger partial charge in [-0.1, -0.05) is 30.3 Å². The minimum Gasteiger partial charge on any atom is -0.495 e. The number of ether oxygens (including phenoxy) is 1. The first kappa shape index (κ1) is 14.2. The van der Waals surface area contributed by atoms with Gasteiger partial charge in [0.15, 0.2) is 5.65 Å². The number of nitrogens with zero attached hydrogens (tertiary/aromatic N) is 3. The Morgan fingerprint density at radius 3 is 2.71 bits per heavy atom. The number of aromatic amines is 1. The smallest absolute Gasteiger partial charge is 0.258 e. The Bertz CT molecular complexity index is 1070. The summed E-state index contributed by atoms with van der Waals surface area (Å²) < 4.78 is 7.13. The van der Waals surface area contributed by atoms with E-state index >= 15 is 0 Å². The lowest BCUT2D eigenvalue weighted by molar-refractivity contribution is 0.414. The summed E-state index contributed by atoms with van der Waals surface area (Å²) in [6.45, 7) is 0. The van der Waals surface area contributed by atoms with E-state index in [1.54, 1.807) is 42.3 Å². The quantitative estimate of drug-likeness (QED) is 0.630. The van der Waals surface area contributed by atoms with Crippen molar-refractivity contribution in [1.29, 1.82) is 0 Å². The van der Waals surface area contributed by atoms with Gasteiger partial charge in [0.2, 0.25) is 0 Å². The van der Waals surface area contributed by atoms with Crippen LogP contribution in [0.4, 0.5) is 0 Å². The lowest BCUT2D eigenvalue weighted by atomic mass is 9.98. The normalized spacial score (nSPS) is 10.9. The zero-order valence-electron chi connectivity index (χ0n) is 12.9. The summed E-state index contributed by atoms with van der Waals surface area (Å²) in [7, 11) is 1.58. The van der Waals surface area contributed by atoms with Crippen molar-refractivity contribution < 1.29 is 4.74 Å². The average molecular weight is 318 g/mol. The fraction of sp³-hybridized carbons (Fsp3) is 0.0556. The maximum Gasteiger partial charge on any atom is 0.258 e. The van der Waals surface area contributed by atoms with E-state index in [0.29, 0.717) is 22.7 Å². The Hall–Kier alpha value is -3.41. The highest BCUT2D eigenvalue weighted by Gasteiger charge is 2.18. The predicted molar refractivity (Wildman–Crippen MR) is 91.0 cm³/mol. The number of hydrogen-bond acceptors (Lipinski definition) is 4. The molecule has 0 unspecified atom stereocenters. The van der Waals surface area contributed by atoms with Gasteiger partial charge in [0.25, 0.3) is 5.56 Å². The van der Waals surface area contributed by atoms with Crippen LogP contribution >= 0.6 is 0 Å². The summed E-state index contributed by atoms with van der Waals surface area (Å²) in [5.41, 5.74) is 3.12. The highest BCUT2D eigenvalue weighted by atomic mass is 16.5. The van der Waals surface area contributed by atoms with Crippen molar-refractivity contribution in [2.45, 2.75) is 0 Å². The SMILES string of the molecule is COc1c[nH]c(=O)c(-c2ccn3nccc3n2)c1-c1ccccc1. The molecule has 0 spiro atoms. The van der Waals surface area contributed by atoms with Crippen LogP contribution in [0, 0.1) is 0 Å². The number of pyridine rings is 1. The second-order valence-corrected chi connectivity index (χ2v) is 5.25. The van der Waals surface area contributed by atoms with Crippen LogP contribution in [-0.4, -0.2) is 26.7 Å². The molecular weight excluding hydrogens is 304 g/mol. The monoisotopic (exact) mass is 318 g/mol. The number of hydrogen-bond donors (Lipinski definition) is 1. The summed E-state index contributed by atoms with van der Waals surface area (Å²) in [4.78, 5) is 19.9. The fourth-order valence-electron chi connectivity index (χ4n) is 2.76. The predicted octanol–water partition coefficient (Wildman–Crippen LogP) is 2.76. The van der Waals surface area contributed by atoms with Crippen LogP contribution < -0.4 is 10.3 Å². The number of aromatic nitrogens is 4. The molecule has 0 aliphatic heterocycles. The van der Waals surface area contributed by atoms with Crippen molar-refractivity contribution in [2.75, 3.05) is 7.11 Å². The molecule has 6 heteroatoms. The molecular formula is C18H14N4O2. The van der Waals surface area contributed by atoms with Gasteiger partial charge < -0.3 is 9.72 Å². The number of rotatable bonds is 3. The van der Waals surface area contributed by atoms with Crippen molar-refractivity contribution >= 4 is 5.65 Å². The van der Waals surface area contributed by atoms with Crippen LogP contribution in [0.25, 0.3) is 28.0 Å². The van der Waals surface area contributed by atoms with Crippen molar-refractivity contribution in [1.82, 2.24) is 19.6 Å². The molecule has 4 rings (SSSR count). The van der Waals surface area contributed by atoms with Gasteiger partial charge in [-0.25, -0.2) is 9.50 Å². The Labute approximate surface area is 137 Å². The molecule has 24 heavy (non-hydrogen) atoms. The number of nitrogens with one attached hydrogen (secondary N) is 1. The van der Waals surface area contributed by atoms with Crippen molar-refractivity contribution in [2.24, 2.45) is 0 Å². The summed E-state index contributed by atoms with van der Waals surface area (Å²) in [6.07, 6.45) is 5.02. The van der Waals surface area contributed by atoms with Gasteiger partial charge in [0.05, 0.1) is 24.6 Å². The summed E-state index contributed by atoms with van der Waals surface area (Å²) in [5.74, 6) is 0.589. The molecule has 6 nitrogen and oxygen atoms in total. The highest BCUT2D eigenvalue weighted by Crippen LogP contribution is 2.35. The van der Waals surface area contributed by atoms with Crippen LogP contribution in [0.5, 0.6) is 5.75 Å². The minimum absolute atomic E-state index is 0.217. The molecule has 118 valence electrons. The molecule has 0 saturated carbocycles. The van der Waals surface area contributed by atoms with E-state index in [2.05, 4.69) is 15.1 Å². The third kappa shape index (κ3) is 2.25. The van der Waals surface area contributed by atoms with E-state index in [1.165, 1.54) is 0 Å². The van der Waals surface area contributed by atoms with E-state index in [-0.39, 0.29) is 5.56 Å². The van der Waals surface area contributed by atoms with Crippen molar-refractivity contribution in [3.05, 3.63) is 71.4 Å². The van der Waals surface area contributed by atoms with E-state index < -0.39 is 0 Å². The zero-order chi connectivity index (χ0) is 16.5. The molecule has 0 radical (unpaired) electrons. The molecule has 0 amide bonds. The van der Waals surface area contributed by atoms with Crippen LogP contribution in [0.1, 0.15) is 0 Å². The third-order valence-corrected chi connectivity index (χ3v) is 3.85. The number of fused-ring (bicyclic) bond motifs is 1. The molecule has 0 atom stereocenters. The molecule has 0 aliphatic carbocycles. The Kier molecular flexibility index (Phi) is 3.35. The summed E-state index contributed by atoms with van der Waals surface area (Å²) in [5, 5.41) is 4.13. The summed E-state index contributed by atoms with van der Waals surface area (Å²) in [6, 6.07) is 13.2. The van der Waals surface area contributed by atoms with E-state index in [1.807, 2.05) is 30.3 Å². The van der Waals surface area contributed by atoms with Crippen LogP contribution in [-0.2, 0) is 0 Å². The Morgan fingerprint density at radius 2 is 1.92 bits per heavy atom. The van der Waals surface area contributed by atoms with Gasteiger partial charge in [-0.2, -0.15) is 5.10 Å². The second-order valence-electron chi connectivity index (χ2n) is 5.25. The molecule has 4 aromatic rings. The van der Waals surface area contributed by atoms with E-state index in [9.17, 15) is 4.79 Å². The standard InChI is InChI=1S/C18H14N4O2/c1-24-14-11-19-18(23)17(16(14)12-5-3-2-4-6-12)13-8-10-22-15(21-13)7-9-20-22/h2-11H,1H3,(H,19,23). The second kappa shape index (κ2) is 5.66. The zero-order valence-corrected chi connectivity index (χ0v) is 12.9. The lowest BCUT2D eigenvalue weighted by Crippen LogP contribution is -2.12. The van der Waals surface area contributed by atoms with Gasteiger partial charge in [-0.05, 0) is 11.6 Å². The number of H-pyrrole nitrogens is 1. The van der Waals surface area contributed by atoms with Gasteiger partial charge in [-0.3, -0.25) is 4.79 Å². The highest BCUT2D eigenvalue weighted by molar-refractivity contribution is 5.85. The van der Waals surface area contributed by atoms with Crippen molar-refractivity contribution in [3.8, 4) is 28.1 Å². The van der Waals surface area contributed by atoms with Gasteiger partial charge in [0, 0.05) is 24.0 Å². The minimum atomic E-state index is -0.217. The first-order chi connectivity index (χ1) is 11.8. The van der Waals surface area contributed by atoms with Gasteiger partial charge in [-0.15, -0.1) is 0 Å². The third-order valence-electron chi connectivity index (χ3n) is 3.85. The Balaban J connectivity index is 2.05. The lowest BCUT2D eigenvalue weighted by Gasteiger charge is -2.13.